The summed E-state index contributed by atoms with van der Waals surface area (Å²) in [6.45, 7) is 6.53. The fourth-order valence-corrected chi connectivity index (χ4v) is 6.75. The van der Waals surface area contributed by atoms with Crippen molar-refractivity contribution < 1.29 is 21.1 Å². The second-order valence-electron chi connectivity index (χ2n) is 11.7. The van der Waals surface area contributed by atoms with Crippen LogP contribution in [0.15, 0.2) is 116 Å². The van der Waals surface area contributed by atoms with Crippen LogP contribution in [-0.4, -0.2) is 23.9 Å². The van der Waals surface area contributed by atoms with Crippen LogP contribution in [0.3, 0.4) is 0 Å². The van der Waals surface area contributed by atoms with Gasteiger partial charge in [0, 0.05) is 36.1 Å². The Kier molecular flexibility index (Phi) is 7.58. The second-order valence-corrected chi connectivity index (χ2v) is 11.7. The molecule has 0 atom stereocenters. The van der Waals surface area contributed by atoms with Crippen LogP contribution in [0.25, 0.3) is 67.0 Å². The molecule has 8 aromatic rings. The molecule has 0 unspecified atom stereocenters. The molecule has 46 heavy (non-hydrogen) atoms. The maximum Gasteiger partial charge on any atom is 2.00 e. The number of fused-ring (bicyclic) bond motifs is 3. The van der Waals surface area contributed by atoms with Crippen molar-refractivity contribution in [2.24, 2.45) is 7.05 Å². The third kappa shape index (κ3) is 4.83. The number of rotatable bonds is 5. The first-order valence-corrected chi connectivity index (χ1v) is 15.2. The molecular weight excluding hydrogens is 746 g/mol. The van der Waals surface area contributed by atoms with Crippen LogP contribution in [-0.2, 0) is 28.1 Å². The molecule has 0 aliphatic heterocycles. The molecule has 0 aliphatic carbocycles. The number of imidazole rings is 1. The number of hydrogen-bond donors (Lipinski definition) is 0. The van der Waals surface area contributed by atoms with E-state index in [0.717, 1.165) is 56.0 Å². The molecule has 0 radical (unpaired) electrons. The molecule has 3 heterocycles. The summed E-state index contributed by atoms with van der Waals surface area (Å²) in [4.78, 5) is 4.58. The SMILES string of the molecule is Cc1cc(C)c(-c2c(-c3ccccc3)cnn2-c2[c-]c3c(cc2)c2ccccc2n3-c2[c-]c(-c3nccn3C)ccc2)c(C)c1.[Pt+2]. The summed E-state index contributed by atoms with van der Waals surface area (Å²) in [6.07, 6.45) is 5.76. The molecule has 0 saturated heterocycles. The zero-order valence-corrected chi connectivity index (χ0v) is 28.3. The summed E-state index contributed by atoms with van der Waals surface area (Å²) < 4.78 is 6.33. The van der Waals surface area contributed by atoms with Crippen molar-refractivity contribution in [2.75, 3.05) is 0 Å². The predicted octanol–water partition coefficient (Wildman–Crippen LogP) is 9.23. The molecule has 0 amide bonds. The average molecular weight is 777 g/mol. The van der Waals surface area contributed by atoms with E-state index in [4.69, 9.17) is 5.10 Å². The van der Waals surface area contributed by atoms with Crippen LogP contribution < -0.4 is 0 Å². The third-order valence-electron chi connectivity index (χ3n) is 8.65. The van der Waals surface area contributed by atoms with Gasteiger partial charge in [-0.15, -0.1) is 47.3 Å². The van der Waals surface area contributed by atoms with E-state index in [9.17, 15) is 0 Å². The van der Waals surface area contributed by atoms with Gasteiger partial charge in [-0.3, -0.25) is 9.67 Å². The van der Waals surface area contributed by atoms with Crippen LogP contribution in [0, 0.1) is 32.9 Å². The normalized spacial score (nSPS) is 11.3. The van der Waals surface area contributed by atoms with Gasteiger partial charge in [-0.1, -0.05) is 71.7 Å². The molecule has 0 N–H and O–H groups in total. The van der Waals surface area contributed by atoms with Gasteiger partial charge in [-0.2, -0.15) is 11.2 Å². The van der Waals surface area contributed by atoms with Crippen LogP contribution >= 0.6 is 0 Å². The smallest absolute Gasteiger partial charge is 0.373 e. The summed E-state index contributed by atoms with van der Waals surface area (Å²) in [6, 6.07) is 41.6. The molecule has 0 spiro atoms. The molecule has 0 aliphatic rings. The van der Waals surface area contributed by atoms with Gasteiger partial charge in [0.25, 0.3) is 0 Å². The third-order valence-corrected chi connectivity index (χ3v) is 8.65. The van der Waals surface area contributed by atoms with Gasteiger partial charge in [-0.05, 0) is 60.3 Å². The van der Waals surface area contributed by atoms with Crippen molar-refractivity contribution >= 4 is 21.8 Å². The topological polar surface area (TPSA) is 40.6 Å². The monoisotopic (exact) mass is 776 g/mol. The van der Waals surface area contributed by atoms with E-state index in [-0.39, 0.29) is 21.1 Å². The summed E-state index contributed by atoms with van der Waals surface area (Å²) in [5.74, 6) is 0.876. The molecule has 3 aromatic heterocycles. The first-order chi connectivity index (χ1) is 22.0. The fourth-order valence-electron chi connectivity index (χ4n) is 6.75. The van der Waals surface area contributed by atoms with E-state index in [1.54, 1.807) is 0 Å². The van der Waals surface area contributed by atoms with E-state index in [1.807, 2.05) is 30.2 Å². The number of benzene rings is 5. The Morgan fingerprint density at radius 3 is 2.24 bits per heavy atom. The quantitative estimate of drug-likeness (QED) is 0.164. The maximum atomic E-state index is 5.02. The molecule has 0 saturated carbocycles. The summed E-state index contributed by atoms with van der Waals surface area (Å²) >= 11 is 0. The zero-order chi connectivity index (χ0) is 30.7. The molecule has 0 fully saturated rings. The Morgan fingerprint density at radius 2 is 1.48 bits per heavy atom. The van der Waals surface area contributed by atoms with Crippen molar-refractivity contribution in [3.8, 4) is 45.1 Å². The first-order valence-electron chi connectivity index (χ1n) is 15.2. The van der Waals surface area contributed by atoms with Crippen molar-refractivity contribution in [3.05, 3.63) is 144 Å². The van der Waals surface area contributed by atoms with Crippen LogP contribution in [0.5, 0.6) is 0 Å². The first kappa shape index (κ1) is 29.7. The van der Waals surface area contributed by atoms with Crippen molar-refractivity contribution in [2.45, 2.75) is 20.8 Å². The van der Waals surface area contributed by atoms with Crippen LogP contribution in [0.4, 0.5) is 0 Å². The number of aromatic nitrogens is 5. The molecule has 5 aromatic carbocycles. The molecule has 5 nitrogen and oxygen atoms in total. The van der Waals surface area contributed by atoms with E-state index >= 15 is 0 Å². The van der Waals surface area contributed by atoms with Crippen molar-refractivity contribution in [1.82, 2.24) is 23.9 Å². The minimum atomic E-state index is 0. The van der Waals surface area contributed by atoms with Gasteiger partial charge in [0.1, 0.15) is 0 Å². The predicted molar refractivity (Wildman–Crippen MR) is 183 cm³/mol. The Labute approximate surface area is 283 Å². The van der Waals surface area contributed by atoms with Gasteiger partial charge >= 0.3 is 21.1 Å². The average Bonchev–Trinajstić information content (AvgIpc) is 3.76. The number of nitrogens with zero attached hydrogens (tertiary/aromatic N) is 5. The molecule has 226 valence electrons. The summed E-state index contributed by atoms with van der Waals surface area (Å²) in [7, 11) is 2.01. The Morgan fingerprint density at radius 1 is 0.717 bits per heavy atom. The van der Waals surface area contributed by atoms with Crippen molar-refractivity contribution in [3.63, 3.8) is 0 Å². The standard InChI is InChI=1S/C40H31N5.Pt/c1-26-21-27(2)38(28(3)22-26)39-35(29-11-6-5-7-12-29)25-42-45(39)32-17-18-34-33-15-8-9-16-36(33)44(37(34)24-32)31-14-10-13-30(23-31)40-41-19-20-43(40)4;/h5-22,25H,1-4H3;/q-2;+2. The molecule has 6 heteroatoms. The van der Waals surface area contributed by atoms with Gasteiger partial charge in [0.2, 0.25) is 0 Å². The molecule has 8 rings (SSSR count). The van der Waals surface area contributed by atoms with Gasteiger partial charge in [-0.25, -0.2) is 0 Å². The maximum absolute atomic E-state index is 5.02. The number of para-hydroxylation sites is 1. The van der Waals surface area contributed by atoms with E-state index < -0.39 is 0 Å². The van der Waals surface area contributed by atoms with Crippen molar-refractivity contribution in [1.29, 1.82) is 0 Å². The summed E-state index contributed by atoms with van der Waals surface area (Å²) in [5.41, 5.74) is 13.0. The van der Waals surface area contributed by atoms with E-state index in [1.165, 1.54) is 27.6 Å². The van der Waals surface area contributed by atoms with Gasteiger partial charge in [0.05, 0.1) is 17.7 Å². The van der Waals surface area contributed by atoms with E-state index in [2.05, 4.69) is 144 Å². The number of aryl methyl sites for hydroxylation is 4. The van der Waals surface area contributed by atoms with E-state index in [0.29, 0.717) is 0 Å². The molecular formula is C40H31N5Pt. The Bertz CT molecular complexity index is 2350. The number of hydrogen-bond acceptors (Lipinski definition) is 2. The largest absolute Gasteiger partial charge is 2.00 e. The Hall–Kier alpha value is -4.99. The minimum absolute atomic E-state index is 0. The Balaban J connectivity index is 0.00000338. The molecule has 0 bridgehead atoms. The summed E-state index contributed by atoms with van der Waals surface area (Å²) in [5, 5.41) is 7.32. The zero-order valence-electron chi connectivity index (χ0n) is 26.0. The minimum Gasteiger partial charge on any atom is -0.373 e. The van der Waals surface area contributed by atoms with Gasteiger partial charge < -0.3 is 9.13 Å². The fraction of sp³-hybridized carbons (Fsp3) is 0.100. The van der Waals surface area contributed by atoms with Crippen LogP contribution in [0.2, 0.25) is 0 Å². The second kappa shape index (κ2) is 11.7. The van der Waals surface area contributed by atoms with Crippen LogP contribution in [0.1, 0.15) is 16.7 Å². The van der Waals surface area contributed by atoms with Gasteiger partial charge in [0.15, 0.2) is 0 Å².